The van der Waals surface area contributed by atoms with E-state index in [4.69, 9.17) is 4.74 Å². The summed E-state index contributed by atoms with van der Waals surface area (Å²) in [5.41, 5.74) is 3.62. The molecule has 134 valence electrons. The van der Waals surface area contributed by atoms with Crippen LogP contribution in [0.3, 0.4) is 0 Å². The summed E-state index contributed by atoms with van der Waals surface area (Å²) in [6.45, 7) is 1.01. The molecule has 0 saturated carbocycles. The molecule has 0 radical (unpaired) electrons. The van der Waals surface area contributed by atoms with Crippen molar-refractivity contribution in [3.63, 3.8) is 0 Å². The highest BCUT2D eigenvalue weighted by atomic mass is 28.3. The van der Waals surface area contributed by atoms with Crippen LogP contribution in [0.2, 0.25) is 12.1 Å². The highest BCUT2D eigenvalue weighted by Gasteiger charge is 2.25. The van der Waals surface area contributed by atoms with E-state index in [0.29, 0.717) is 5.73 Å². The number of hydrogen-bond donors (Lipinski definition) is 0. The third-order valence-electron chi connectivity index (χ3n) is 5.51. The van der Waals surface area contributed by atoms with Crippen molar-refractivity contribution < 1.29 is 4.74 Å². The summed E-state index contributed by atoms with van der Waals surface area (Å²) in [4.78, 5) is 0. The molecule has 2 heteroatoms. The van der Waals surface area contributed by atoms with E-state index in [9.17, 15) is 0 Å². The summed E-state index contributed by atoms with van der Waals surface area (Å²) in [5.74, 6) is 0. The van der Waals surface area contributed by atoms with Crippen LogP contribution in [-0.4, -0.2) is 21.1 Å². The largest absolute Gasteiger partial charge is 0.382 e. The molecule has 1 atom stereocenters. The normalized spacial score (nSPS) is 17.7. The average Bonchev–Trinajstić information content (AvgIpc) is 2.69. The first-order valence-corrected chi connectivity index (χ1v) is 12.4. The van der Waals surface area contributed by atoms with E-state index < -0.39 is 8.80 Å². The highest BCUT2D eigenvalue weighted by molar-refractivity contribution is 6.60. The Labute approximate surface area is 155 Å². The molecule has 3 rings (SSSR count). The lowest BCUT2D eigenvalue weighted by Gasteiger charge is -2.30. The lowest BCUT2D eigenvalue weighted by atomic mass is 10.1. The van der Waals surface area contributed by atoms with E-state index in [1.807, 2.05) is 0 Å². The van der Waals surface area contributed by atoms with Crippen LogP contribution in [0.1, 0.15) is 43.2 Å². The van der Waals surface area contributed by atoms with E-state index in [0.717, 1.165) is 6.61 Å². The minimum absolute atomic E-state index is 0.639. The first-order chi connectivity index (χ1) is 12.4. The molecule has 0 amide bonds. The molecule has 2 aromatic carbocycles. The number of rotatable bonds is 9. The Bertz CT molecular complexity index is 532. The Balaban J connectivity index is 1.47. The number of aryl methyl sites for hydroxylation is 2. The Morgan fingerprint density at radius 2 is 1.32 bits per heavy atom. The highest BCUT2D eigenvalue weighted by Crippen LogP contribution is 2.23. The second-order valence-corrected chi connectivity index (χ2v) is 10.8. The average molecular weight is 353 g/mol. The monoisotopic (exact) mass is 352 g/mol. The zero-order valence-electron chi connectivity index (χ0n) is 15.4. The standard InChI is InChI=1S/C23H32OSi/c1-3-11-21(12-4-1)15-9-19-25(23-17-7-8-18-24-23)20-10-16-22-13-5-2-6-14-22/h1-6,11-14,23,25H,7-10,15-20H2. The maximum Gasteiger partial charge on any atom is 0.0717 e. The number of benzene rings is 2. The molecule has 0 spiro atoms. The van der Waals surface area contributed by atoms with Crippen LogP contribution in [0.5, 0.6) is 0 Å². The number of ether oxygens (including phenoxy) is 1. The van der Waals surface area contributed by atoms with E-state index in [1.54, 1.807) is 0 Å². The molecule has 0 aliphatic carbocycles. The molecule has 1 nitrogen and oxygen atoms in total. The van der Waals surface area contributed by atoms with Gasteiger partial charge >= 0.3 is 0 Å². The van der Waals surface area contributed by atoms with E-state index in [1.165, 1.54) is 68.2 Å². The van der Waals surface area contributed by atoms with Gasteiger partial charge in [0, 0.05) is 12.3 Å². The zero-order valence-corrected chi connectivity index (χ0v) is 16.6. The molecule has 2 aromatic rings. The van der Waals surface area contributed by atoms with Crippen molar-refractivity contribution in [3.8, 4) is 0 Å². The Morgan fingerprint density at radius 3 is 1.80 bits per heavy atom. The van der Waals surface area contributed by atoms with Gasteiger partial charge in [-0.2, -0.15) is 0 Å². The fraction of sp³-hybridized carbons (Fsp3) is 0.478. The van der Waals surface area contributed by atoms with Crippen molar-refractivity contribution in [2.75, 3.05) is 6.61 Å². The van der Waals surface area contributed by atoms with Crippen LogP contribution >= 0.6 is 0 Å². The zero-order chi connectivity index (χ0) is 17.2. The predicted octanol–water partition coefficient (Wildman–Crippen LogP) is 5.59. The van der Waals surface area contributed by atoms with E-state index >= 15 is 0 Å². The van der Waals surface area contributed by atoms with Gasteiger partial charge in [-0.15, -0.1) is 0 Å². The second-order valence-electron chi connectivity index (χ2n) is 7.42. The molecule has 1 heterocycles. The van der Waals surface area contributed by atoms with Gasteiger partial charge in [-0.1, -0.05) is 85.6 Å². The minimum atomic E-state index is -0.820. The molecule has 0 bridgehead atoms. The van der Waals surface area contributed by atoms with Crippen LogP contribution in [0.15, 0.2) is 60.7 Å². The van der Waals surface area contributed by atoms with E-state index in [-0.39, 0.29) is 0 Å². The smallest absolute Gasteiger partial charge is 0.0717 e. The summed E-state index contributed by atoms with van der Waals surface area (Å²) in [7, 11) is -0.820. The fourth-order valence-corrected chi connectivity index (χ4v) is 7.68. The summed E-state index contributed by atoms with van der Waals surface area (Å²) < 4.78 is 6.21. The Morgan fingerprint density at radius 1 is 0.760 bits per heavy atom. The summed E-state index contributed by atoms with van der Waals surface area (Å²) in [6, 6.07) is 24.8. The van der Waals surface area contributed by atoms with Gasteiger partial charge in [-0.3, -0.25) is 0 Å². The molecule has 25 heavy (non-hydrogen) atoms. The van der Waals surface area contributed by atoms with Gasteiger partial charge in [0.2, 0.25) is 0 Å². The first kappa shape index (κ1) is 18.4. The molecule has 1 fully saturated rings. The fourth-order valence-electron chi connectivity index (χ4n) is 4.08. The van der Waals surface area contributed by atoms with Crippen molar-refractivity contribution in [1.82, 2.24) is 0 Å². The van der Waals surface area contributed by atoms with E-state index in [2.05, 4.69) is 60.7 Å². The molecule has 1 unspecified atom stereocenters. The Kier molecular flexibility index (Phi) is 7.79. The van der Waals surface area contributed by atoms with Crippen molar-refractivity contribution in [2.45, 2.75) is 62.8 Å². The maximum atomic E-state index is 6.21. The van der Waals surface area contributed by atoms with Crippen LogP contribution in [0.25, 0.3) is 0 Å². The minimum Gasteiger partial charge on any atom is -0.382 e. The van der Waals surface area contributed by atoms with Crippen molar-refractivity contribution in [3.05, 3.63) is 71.8 Å². The van der Waals surface area contributed by atoms with Gasteiger partial charge in [0.15, 0.2) is 0 Å². The predicted molar refractivity (Wildman–Crippen MR) is 110 cm³/mol. The van der Waals surface area contributed by atoms with Crippen molar-refractivity contribution >= 4 is 8.80 Å². The topological polar surface area (TPSA) is 9.23 Å². The van der Waals surface area contributed by atoms with Crippen LogP contribution in [-0.2, 0) is 17.6 Å². The van der Waals surface area contributed by atoms with Gasteiger partial charge in [-0.25, -0.2) is 0 Å². The van der Waals surface area contributed by atoms with Crippen molar-refractivity contribution in [2.24, 2.45) is 0 Å². The SMILES string of the molecule is c1ccc(CCC[SiH](CCCc2ccccc2)C2CCCCO2)cc1. The van der Waals surface area contributed by atoms with Gasteiger partial charge < -0.3 is 4.74 Å². The maximum absolute atomic E-state index is 6.21. The quantitative estimate of drug-likeness (QED) is 0.535. The van der Waals surface area contributed by atoms with Crippen LogP contribution in [0, 0.1) is 0 Å². The first-order valence-electron chi connectivity index (χ1n) is 10.1. The van der Waals surface area contributed by atoms with Crippen LogP contribution in [0.4, 0.5) is 0 Å². The molecule has 1 aliphatic rings. The van der Waals surface area contributed by atoms with Gasteiger partial charge in [0.25, 0.3) is 0 Å². The summed E-state index contributed by atoms with van der Waals surface area (Å²) in [6.07, 6.45) is 9.12. The number of hydrogen-bond acceptors (Lipinski definition) is 1. The molecule has 1 aliphatic heterocycles. The van der Waals surface area contributed by atoms with Gasteiger partial charge in [-0.05, 0) is 43.2 Å². The third kappa shape index (κ3) is 6.45. The molecule has 0 aromatic heterocycles. The molecular formula is C23H32OSi. The molecular weight excluding hydrogens is 320 g/mol. The Hall–Kier alpha value is -1.38. The summed E-state index contributed by atoms with van der Waals surface area (Å²) >= 11 is 0. The van der Waals surface area contributed by atoms with Crippen molar-refractivity contribution in [1.29, 1.82) is 0 Å². The lowest BCUT2D eigenvalue weighted by Crippen LogP contribution is -2.36. The molecule has 1 saturated heterocycles. The lowest BCUT2D eigenvalue weighted by molar-refractivity contribution is 0.0619. The molecule has 0 N–H and O–H groups in total. The van der Waals surface area contributed by atoms with Gasteiger partial charge in [0.05, 0.1) is 8.80 Å². The van der Waals surface area contributed by atoms with Gasteiger partial charge in [0.1, 0.15) is 0 Å². The van der Waals surface area contributed by atoms with Crippen LogP contribution < -0.4 is 0 Å². The third-order valence-corrected chi connectivity index (χ3v) is 9.38. The summed E-state index contributed by atoms with van der Waals surface area (Å²) in [5, 5.41) is 0. The second kappa shape index (κ2) is 10.6.